The van der Waals surface area contributed by atoms with Crippen LogP contribution in [0.25, 0.3) is 22.7 Å². The van der Waals surface area contributed by atoms with Crippen molar-refractivity contribution >= 4 is 22.8 Å². The largest absolute Gasteiger partial charge is 0.329 e. The van der Waals surface area contributed by atoms with Crippen molar-refractivity contribution in [3.8, 4) is 11.5 Å². The molecule has 3 aromatic rings. The fraction of sp³-hybridized carbons (Fsp3) is 0.0909. The number of pyridine rings is 1. The van der Waals surface area contributed by atoms with Gasteiger partial charge in [-0.15, -0.1) is 0 Å². The van der Waals surface area contributed by atoms with Crippen molar-refractivity contribution in [3.05, 3.63) is 35.4 Å². The third kappa shape index (κ3) is 1.74. The van der Waals surface area contributed by atoms with Crippen molar-refractivity contribution < 1.29 is 0 Å². The molecule has 17 heavy (non-hydrogen) atoms. The Hall–Kier alpha value is -2.01. The normalized spacial score (nSPS) is 10.9. The standard InChI is InChI=1S/C11H8ClN5/c1-6-3-2-4-7(15-6)10-16-9(12)8-11(17-10)14-5-13-8/h2-5H,1H3,(H,13,14,16,17). The zero-order valence-electron chi connectivity index (χ0n) is 8.98. The lowest BCUT2D eigenvalue weighted by atomic mass is 10.3. The van der Waals surface area contributed by atoms with Crippen molar-refractivity contribution in [2.45, 2.75) is 6.92 Å². The Kier molecular flexibility index (Phi) is 2.26. The third-order valence-corrected chi connectivity index (χ3v) is 2.62. The summed E-state index contributed by atoms with van der Waals surface area (Å²) in [6.45, 7) is 1.92. The third-order valence-electron chi connectivity index (χ3n) is 2.35. The number of nitrogens with zero attached hydrogens (tertiary/aromatic N) is 4. The Morgan fingerprint density at radius 1 is 1.18 bits per heavy atom. The molecule has 0 radical (unpaired) electrons. The first kappa shape index (κ1) is 10.2. The molecule has 3 rings (SSSR count). The minimum Gasteiger partial charge on any atom is -0.329 e. The maximum Gasteiger partial charge on any atom is 0.181 e. The number of aromatic amines is 1. The molecular formula is C11H8ClN5. The van der Waals surface area contributed by atoms with Crippen LogP contribution in [0.5, 0.6) is 0 Å². The number of halogens is 1. The Morgan fingerprint density at radius 3 is 2.88 bits per heavy atom. The van der Waals surface area contributed by atoms with E-state index in [9.17, 15) is 0 Å². The van der Waals surface area contributed by atoms with Gasteiger partial charge in [0, 0.05) is 5.69 Å². The van der Waals surface area contributed by atoms with E-state index < -0.39 is 0 Å². The molecule has 0 amide bonds. The van der Waals surface area contributed by atoms with Gasteiger partial charge in [-0.2, -0.15) is 0 Å². The van der Waals surface area contributed by atoms with Crippen molar-refractivity contribution in [1.29, 1.82) is 0 Å². The first-order chi connectivity index (χ1) is 8.24. The summed E-state index contributed by atoms with van der Waals surface area (Å²) < 4.78 is 0. The summed E-state index contributed by atoms with van der Waals surface area (Å²) in [6.07, 6.45) is 1.54. The van der Waals surface area contributed by atoms with Crippen LogP contribution in [-0.2, 0) is 0 Å². The minimum atomic E-state index is 0.328. The summed E-state index contributed by atoms with van der Waals surface area (Å²) in [5.74, 6) is 0.496. The van der Waals surface area contributed by atoms with E-state index in [1.807, 2.05) is 25.1 Å². The Labute approximate surface area is 102 Å². The number of fused-ring (bicyclic) bond motifs is 1. The van der Waals surface area contributed by atoms with Crippen LogP contribution in [0, 0.1) is 6.92 Å². The molecule has 0 unspecified atom stereocenters. The van der Waals surface area contributed by atoms with Crippen LogP contribution in [0.1, 0.15) is 5.69 Å². The zero-order valence-corrected chi connectivity index (χ0v) is 9.73. The predicted molar refractivity (Wildman–Crippen MR) is 64.7 cm³/mol. The van der Waals surface area contributed by atoms with Gasteiger partial charge in [0.25, 0.3) is 0 Å². The fourth-order valence-corrected chi connectivity index (χ4v) is 1.80. The second kappa shape index (κ2) is 3.78. The number of aryl methyl sites for hydroxylation is 1. The summed E-state index contributed by atoms with van der Waals surface area (Å²) in [6, 6.07) is 5.67. The number of hydrogen-bond acceptors (Lipinski definition) is 4. The van der Waals surface area contributed by atoms with Gasteiger partial charge >= 0.3 is 0 Å². The molecule has 84 valence electrons. The van der Waals surface area contributed by atoms with Gasteiger partial charge in [0.05, 0.1) is 6.33 Å². The SMILES string of the molecule is Cc1cccc(-c2nc(Cl)c3nc[nH]c3n2)n1. The zero-order chi connectivity index (χ0) is 11.8. The molecule has 3 aromatic heterocycles. The Balaban J connectivity index is 2.23. The molecule has 1 N–H and O–H groups in total. The summed E-state index contributed by atoms with van der Waals surface area (Å²) in [5, 5.41) is 0.328. The average molecular weight is 246 g/mol. The number of aromatic nitrogens is 5. The van der Waals surface area contributed by atoms with E-state index in [0.29, 0.717) is 27.8 Å². The quantitative estimate of drug-likeness (QED) is 0.669. The fourth-order valence-electron chi connectivity index (χ4n) is 1.58. The summed E-state index contributed by atoms with van der Waals surface area (Å²) >= 11 is 6.03. The lowest BCUT2D eigenvalue weighted by Crippen LogP contribution is -1.94. The first-order valence-electron chi connectivity index (χ1n) is 5.05. The maximum atomic E-state index is 6.03. The van der Waals surface area contributed by atoms with E-state index in [2.05, 4.69) is 24.9 Å². The van der Waals surface area contributed by atoms with Gasteiger partial charge in [-0.25, -0.2) is 19.9 Å². The molecule has 0 spiro atoms. The van der Waals surface area contributed by atoms with E-state index in [-0.39, 0.29) is 0 Å². The molecule has 0 saturated heterocycles. The topological polar surface area (TPSA) is 67.3 Å². The number of hydrogen-bond donors (Lipinski definition) is 1. The van der Waals surface area contributed by atoms with Crippen LogP contribution < -0.4 is 0 Å². The van der Waals surface area contributed by atoms with Crippen molar-refractivity contribution in [1.82, 2.24) is 24.9 Å². The Morgan fingerprint density at radius 2 is 2.06 bits per heavy atom. The molecule has 0 fully saturated rings. The molecule has 5 nitrogen and oxygen atoms in total. The Bertz CT molecular complexity index is 691. The van der Waals surface area contributed by atoms with Crippen LogP contribution in [0.3, 0.4) is 0 Å². The van der Waals surface area contributed by atoms with Crippen molar-refractivity contribution in [2.75, 3.05) is 0 Å². The van der Waals surface area contributed by atoms with Crippen molar-refractivity contribution in [3.63, 3.8) is 0 Å². The highest BCUT2D eigenvalue weighted by Crippen LogP contribution is 2.21. The molecular weight excluding hydrogens is 238 g/mol. The molecule has 0 atom stereocenters. The number of imidazole rings is 1. The van der Waals surface area contributed by atoms with Gasteiger partial charge in [0.1, 0.15) is 11.2 Å². The molecule has 0 aliphatic rings. The summed E-state index contributed by atoms with van der Waals surface area (Å²) in [5.41, 5.74) is 2.79. The highest BCUT2D eigenvalue weighted by molar-refractivity contribution is 6.33. The molecule has 0 saturated carbocycles. The molecule has 6 heteroatoms. The first-order valence-corrected chi connectivity index (χ1v) is 5.42. The van der Waals surface area contributed by atoms with Crippen LogP contribution in [0.15, 0.2) is 24.5 Å². The maximum absolute atomic E-state index is 6.03. The van der Waals surface area contributed by atoms with Gasteiger partial charge in [0.2, 0.25) is 0 Å². The molecule has 0 aliphatic heterocycles. The highest BCUT2D eigenvalue weighted by Gasteiger charge is 2.10. The van der Waals surface area contributed by atoms with E-state index >= 15 is 0 Å². The molecule has 0 aliphatic carbocycles. The number of nitrogens with one attached hydrogen (secondary N) is 1. The molecule has 3 heterocycles. The van der Waals surface area contributed by atoms with Gasteiger partial charge in [-0.05, 0) is 19.1 Å². The van der Waals surface area contributed by atoms with Crippen LogP contribution in [0.4, 0.5) is 0 Å². The highest BCUT2D eigenvalue weighted by atomic mass is 35.5. The van der Waals surface area contributed by atoms with Crippen LogP contribution in [0.2, 0.25) is 5.15 Å². The van der Waals surface area contributed by atoms with E-state index in [4.69, 9.17) is 11.6 Å². The second-order valence-corrected chi connectivity index (χ2v) is 3.96. The molecule has 0 bridgehead atoms. The smallest absolute Gasteiger partial charge is 0.181 e. The van der Waals surface area contributed by atoms with Gasteiger partial charge in [-0.3, -0.25) is 0 Å². The van der Waals surface area contributed by atoms with Crippen molar-refractivity contribution in [2.24, 2.45) is 0 Å². The van der Waals surface area contributed by atoms with Gasteiger partial charge in [0.15, 0.2) is 16.6 Å². The number of H-pyrrole nitrogens is 1. The second-order valence-electron chi connectivity index (χ2n) is 3.60. The van der Waals surface area contributed by atoms with Crippen LogP contribution >= 0.6 is 11.6 Å². The minimum absolute atomic E-state index is 0.328. The predicted octanol–water partition coefficient (Wildman–Crippen LogP) is 2.38. The lowest BCUT2D eigenvalue weighted by molar-refractivity contribution is 1.13. The van der Waals surface area contributed by atoms with Gasteiger partial charge in [-0.1, -0.05) is 17.7 Å². The van der Waals surface area contributed by atoms with Crippen LogP contribution in [-0.4, -0.2) is 24.9 Å². The molecule has 0 aromatic carbocycles. The monoisotopic (exact) mass is 245 g/mol. The average Bonchev–Trinajstić information content (AvgIpc) is 2.77. The van der Waals surface area contributed by atoms with Gasteiger partial charge < -0.3 is 4.98 Å². The van der Waals surface area contributed by atoms with E-state index in [1.165, 1.54) is 0 Å². The van der Waals surface area contributed by atoms with E-state index in [1.54, 1.807) is 6.33 Å². The number of rotatable bonds is 1. The lowest BCUT2D eigenvalue weighted by Gasteiger charge is -2.01. The summed E-state index contributed by atoms with van der Waals surface area (Å²) in [4.78, 5) is 19.8. The summed E-state index contributed by atoms with van der Waals surface area (Å²) in [7, 11) is 0. The van der Waals surface area contributed by atoms with E-state index in [0.717, 1.165) is 5.69 Å².